The topological polar surface area (TPSA) is 0 Å². The molecule has 39 heavy (non-hydrogen) atoms. The second kappa shape index (κ2) is 12.2. The second-order valence-electron chi connectivity index (χ2n) is 9.91. The van der Waals surface area contributed by atoms with Crippen molar-refractivity contribution in [2.45, 2.75) is 64.5 Å². The van der Waals surface area contributed by atoms with Crippen molar-refractivity contribution >= 4 is 10.8 Å². The Morgan fingerprint density at radius 3 is 1.82 bits per heavy atom. The maximum Gasteiger partial charge on any atom is 0.422 e. The lowest BCUT2D eigenvalue weighted by atomic mass is 9.96. The van der Waals surface area contributed by atoms with E-state index < -0.39 is 29.2 Å². The van der Waals surface area contributed by atoms with Gasteiger partial charge in [0.05, 0.1) is 0 Å². The maximum absolute atomic E-state index is 15.2. The first-order valence-corrected chi connectivity index (χ1v) is 13.1. The Morgan fingerprint density at radius 2 is 1.15 bits per heavy atom. The van der Waals surface area contributed by atoms with Crippen LogP contribution >= 0.6 is 0 Å². The first-order valence-electron chi connectivity index (χ1n) is 13.1. The summed E-state index contributed by atoms with van der Waals surface area (Å²) in [5.74, 6) is -4.08. The van der Waals surface area contributed by atoms with Crippen molar-refractivity contribution < 1.29 is 30.7 Å². The van der Waals surface area contributed by atoms with Crippen LogP contribution in [0.15, 0.2) is 60.7 Å². The molecule has 0 nitrogen and oxygen atoms in total. The number of unbranched alkanes of at least 4 members (excludes halogenated alkanes) is 2. The second-order valence-corrected chi connectivity index (χ2v) is 9.91. The SMILES string of the molecule is CCCCCc1ccc(CCc2ccc3c(F)c(CCc4cc(F)c(C(F)(F)F)c(F)c4)ccc3c2)c(F)c1. The Morgan fingerprint density at radius 1 is 0.564 bits per heavy atom. The average molecular weight is 547 g/mol. The van der Waals surface area contributed by atoms with Crippen molar-refractivity contribution in [3.05, 3.63) is 117 Å². The van der Waals surface area contributed by atoms with Crippen molar-refractivity contribution in [1.82, 2.24) is 0 Å². The monoisotopic (exact) mass is 546 g/mol. The molecule has 0 fully saturated rings. The van der Waals surface area contributed by atoms with E-state index in [2.05, 4.69) is 6.92 Å². The lowest BCUT2D eigenvalue weighted by molar-refractivity contribution is -0.142. The van der Waals surface area contributed by atoms with E-state index in [1.165, 1.54) is 0 Å². The minimum Gasteiger partial charge on any atom is -0.207 e. The molecule has 4 aromatic rings. The molecule has 0 aromatic heterocycles. The fraction of sp³-hybridized carbons (Fsp3) is 0.312. The number of alkyl halides is 3. The fourth-order valence-electron chi connectivity index (χ4n) is 4.86. The van der Waals surface area contributed by atoms with E-state index in [9.17, 15) is 26.3 Å². The summed E-state index contributed by atoms with van der Waals surface area (Å²) in [5.41, 5.74) is 0.922. The van der Waals surface area contributed by atoms with E-state index in [0.717, 1.165) is 36.8 Å². The van der Waals surface area contributed by atoms with Gasteiger partial charge < -0.3 is 0 Å². The van der Waals surface area contributed by atoms with Crippen molar-refractivity contribution in [1.29, 1.82) is 0 Å². The van der Waals surface area contributed by atoms with E-state index in [1.807, 2.05) is 18.2 Å². The van der Waals surface area contributed by atoms with E-state index >= 15 is 4.39 Å². The highest BCUT2D eigenvalue weighted by Gasteiger charge is 2.37. The fourth-order valence-corrected chi connectivity index (χ4v) is 4.86. The van der Waals surface area contributed by atoms with E-state index in [0.29, 0.717) is 41.3 Å². The van der Waals surface area contributed by atoms with Gasteiger partial charge in [0, 0.05) is 5.39 Å². The molecule has 0 N–H and O–H groups in total. The van der Waals surface area contributed by atoms with Crippen molar-refractivity contribution in [2.75, 3.05) is 0 Å². The molecule has 0 spiro atoms. The molecule has 0 bridgehead atoms. The standard InChI is InChI=1S/C32H29F7/c1-2-3-4-5-20-6-10-23(27(33)17-20)11-7-21-9-15-26-25(16-21)14-13-24(31(26)36)12-8-22-18-28(34)30(29(35)19-22)32(37,38)39/h6,9-10,13-19H,2-5,7-8,11-12H2,1H3. The zero-order valence-corrected chi connectivity index (χ0v) is 21.6. The molecule has 0 aliphatic carbocycles. The molecule has 0 heterocycles. The third-order valence-corrected chi connectivity index (χ3v) is 7.04. The lowest BCUT2D eigenvalue weighted by Crippen LogP contribution is -2.12. The average Bonchev–Trinajstić information content (AvgIpc) is 2.87. The molecule has 0 aliphatic heterocycles. The van der Waals surface area contributed by atoms with Gasteiger partial charge in [0.25, 0.3) is 0 Å². The van der Waals surface area contributed by atoms with E-state index in [1.54, 1.807) is 30.3 Å². The van der Waals surface area contributed by atoms with E-state index in [-0.39, 0.29) is 29.8 Å². The first-order chi connectivity index (χ1) is 18.6. The maximum atomic E-state index is 15.2. The predicted molar refractivity (Wildman–Crippen MR) is 140 cm³/mol. The van der Waals surface area contributed by atoms with Gasteiger partial charge in [0.2, 0.25) is 0 Å². The van der Waals surface area contributed by atoms with E-state index in [4.69, 9.17) is 0 Å². The summed E-state index contributed by atoms with van der Waals surface area (Å²) in [5, 5.41) is 1.02. The normalized spacial score (nSPS) is 11.9. The van der Waals surface area contributed by atoms with Gasteiger partial charge in [-0.05, 0) is 89.9 Å². The molecule has 206 valence electrons. The zero-order valence-electron chi connectivity index (χ0n) is 21.6. The Balaban J connectivity index is 1.42. The Hall–Kier alpha value is -3.35. The number of hydrogen-bond acceptors (Lipinski definition) is 0. The number of aryl methyl sites for hydroxylation is 5. The number of hydrogen-bond donors (Lipinski definition) is 0. The molecule has 4 aromatic carbocycles. The van der Waals surface area contributed by atoms with Gasteiger partial charge in [-0.3, -0.25) is 0 Å². The van der Waals surface area contributed by atoms with Gasteiger partial charge in [0.15, 0.2) is 0 Å². The number of rotatable bonds is 10. The van der Waals surface area contributed by atoms with Gasteiger partial charge in [-0.2, -0.15) is 13.2 Å². The molecule has 0 saturated heterocycles. The van der Waals surface area contributed by atoms with Crippen LogP contribution in [0.4, 0.5) is 30.7 Å². The third kappa shape index (κ3) is 7.00. The molecule has 0 aliphatic rings. The predicted octanol–water partition coefficient (Wildman–Crippen LogP) is 9.72. The Labute approximate surface area is 223 Å². The number of fused-ring (bicyclic) bond motifs is 1. The van der Waals surface area contributed by atoms with Gasteiger partial charge >= 0.3 is 6.18 Å². The Kier molecular flexibility index (Phi) is 8.98. The van der Waals surface area contributed by atoms with Gasteiger partial charge in [0.1, 0.15) is 28.8 Å². The summed E-state index contributed by atoms with van der Waals surface area (Å²) in [4.78, 5) is 0. The molecule has 0 unspecified atom stereocenters. The smallest absolute Gasteiger partial charge is 0.207 e. The molecule has 0 radical (unpaired) electrons. The van der Waals surface area contributed by atoms with Crippen LogP contribution < -0.4 is 0 Å². The molecule has 0 amide bonds. The summed E-state index contributed by atoms with van der Waals surface area (Å²) < 4.78 is 95.9. The molecule has 0 saturated carbocycles. The summed E-state index contributed by atoms with van der Waals surface area (Å²) in [7, 11) is 0. The van der Waals surface area contributed by atoms with Crippen LogP contribution in [0.3, 0.4) is 0 Å². The van der Waals surface area contributed by atoms with Crippen LogP contribution in [-0.4, -0.2) is 0 Å². The minimum absolute atomic E-state index is 0.00840. The van der Waals surface area contributed by atoms with Crippen LogP contribution in [0.2, 0.25) is 0 Å². The molecule has 0 atom stereocenters. The van der Waals surface area contributed by atoms with Crippen LogP contribution in [0.25, 0.3) is 10.8 Å². The van der Waals surface area contributed by atoms with Gasteiger partial charge in [-0.15, -0.1) is 0 Å². The lowest BCUT2D eigenvalue weighted by Gasteiger charge is -2.12. The largest absolute Gasteiger partial charge is 0.422 e. The van der Waals surface area contributed by atoms with Crippen LogP contribution in [-0.2, 0) is 38.3 Å². The van der Waals surface area contributed by atoms with Crippen molar-refractivity contribution in [3.8, 4) is 0 Å². The molecule has 4 rings (SSSR count). The van der Waals surface area contributed by atoms with Gasteiger partial charge in [-0.1, -0.05) is 62.2 Å². The minimum atomic E-state index is -5.14. The zero-order chi connectivity index (χ0) is 28.2. The summed E-state index contributed by atoms with van der Waals surface area (Å²) in [6.07, 6.45) is 0.108. The van der Waals surface area contributed by atoms with Crippen molar-refractivity contribution in [3.63, 3.8) is 0 Å². The highest BCUT2D eigenvalue weighted by molar-refractivity contribution is 5.84. The molecule has 7 heteroatoms. The molecular formula is C32H29F7. The summed E-state index contributed by atoms with van der Waals surface area (Å²) >= 11 is 0. The first kappa shape index (κ1) is 28.7. The quantitative estimate of drug-likeness (QED) is 0.137. The van der Waals surface area contributed by atoms with Crippen molar-refractivity contribution in [2.24, 2.45) is 0 Å². The summed E-state index contributed by atoms with van der Waals surface area (Å²) in [6.45, 7) is 2.13. The third-order valence-electron chi connectivity index (χ3n) is 7.04. The Bertz CT molecular complexity index is 1430. The summed E-state index contributed by atoms with van der Waals surface area (Å²) in [6, 6.07) is 15.3. The number of halogens is 7. The van der Waals surface area contributed by atoms with Crippen LogP contribution in [0.1, 0.15) is 59.6 Å². The highest BCUT2D eigenvalue weighted by atomic mass is 19.4. The van der Waals surface area contributed by atoms with Crippen LogP contribution in [0, 0.1) is 23.3 Å². The highest BCUT2D eigenvalue weighted by Crippen LogP contribution is 2.34. The molecular weight excluding hydrogens is 517 g/mol. The van der Waals surface area contributed by atoms with Crippen LogP contribution in [0.5, 0.6) is 0 Å². The number of benzene rings is 4. The van der Waals surface area contributed by atoms with Gasteiger partial charge in [-0.25, -0.2) is 17.6 Å².